The van der Waals surface area contributed by atoms with Crippen LogP contribution >= 0.6 is 0 Å². The number of anilines is 2. The van der Waals surface area contributed by atoms with Gasteiger partial charge in [-0.3, -0.25) is 14.4 Å². The summed E-state index contributed by atoms with van der Waals surface area (Å²) in [4.78, 5) is 44.1. The number of benzene rings is 3. The molecule has 0 aliphatic carbocycles. The van der Waals surface area contributed by atoms with Gasteiger partial charge >= 0.3 is 0 Å². The van der Waals surface area contributed by atoms with Gasteiger partial charge in [-0.25, -0.2) is 0 Å². The molecule has 3 N–H and O–H groups in total. The predicted octanol–water partition coefficient (Wildman–Crippen LogP) is 4.60. The maximum atomic E-state index is 14.4. The highest BCUT2D eigenvalue weighted by atomic mass is 16.5. The average Bonchev–Trinajstić information content (AvgIpc) is 3.51. The lowest BCUT2D eigenvalue weighted by Gasteiger charge is -2.36. The molecule has 3 fully saturated rings. The van der Waals surface area contributed by atoms with Crippen molar-refractivity contribution in [2.75, 3.05) is 23.8 Å². The summed E-state index contributed by atoms with van der Waals surface area (Å²) in [5.74, 6) is -2.15. The Balaban J connectivity index is 1.36. The van der Waals surface area contributed by atoms with E-state index in [0.717, 1.165) is 10.8 Å². The van der Waals surface area contributed by atoms with E-state index in [-0.39, 0.29) is 30.2 Å². The van der Waals surface area contributed by atoms with Gasteiger partial charge in [0.2, 0.25) is 17.7 Å². The molecule has 3 aromatic rings. The van der Waals surface area contributed by atoms with E-state index in [0.29, 0.717) is 36.6 Å². The van der Waals surface area contributed by atoms with E-state index in [4.69, 9.17) is 9.47 Å². The van der Waals surface area contributed by atoms with Crippen molar-refractivity contribution < 1.29 is 29.0 Å². The molecule has 1 spiro atoms. The van der Waals surface area contributed by atoms with Crippen LogP contribution in [0.15, 0.2) is 66.7 Å². The molecule has 3 unspecified atom stereocenters. The first-order chi connectivity index (χ1) is 20.7. The van der Waals surface area contributed by atoms with Crippen LogP contribution in [-0.2, 0) is 19.1 Å². The fraction of sp³-hybridized carbons (Fsp3) is 0.441. The molecule has 226 valence electrons. The number of hydrogen-bond donors (Lipinski definition) is 3. The van der Waals surface area contributed by atoms with Crippen molar-refractivity contribution in [2.24, 2.45) is 17.8 Å². The summed E-state index contributed by atoms with van der Waals surface area (Å²) in [5, 5.41) is 18.4. The molecule has 2 bridgehead atoms. The highest BCUT2D eigenvalue weighted by molar-refractivity contribution is 6.06. The summed E-state index contributed by atoms with van der Waals surface area (Å²) in [7, 11) is 0. The summed E-state index contributed by atoms with van der Waals surface area (Å²) >= 11 is 0. The third-order valence-corrected chi connectivity index (χ3v) is 9.81. The molecule has 0 radical (unpaired) electrons. The largest absolute Gasteiger partial charge is 0.494 e. The first kappa shape index (κ1) is 29.1. The van der Waals surface area contributed by atoms with E-state index in [1.165, 1.54) is 4.90 Å². The van der Waals surface area contributed by atoms with Crippen LogP contribution in [0.5, 0.6) is 5.75 Å². The molecule has 3 amide bonds. The van der Waals surface area contributed by atoms with Crippen LogP contribution < -0.4 is 15.4 Å². The molecule has 3 aliphatic rings. The molecule has 43 heavy (non-hydrogen) atoms. The van der Waals surface area contributed by atoms with Crippen LogP contribution in [0, 0.1) is 17.8 Å². The van der Waals surface area contributed by atoms with Crippen LogP contribution in [0.4, 0.5) is 11.4 Å². The summed E-state index contributed by atoms with van der Waals surface area (Å²) in [6, 6.07) is 19.0. The van der Waals surface area contributed by atoms with Gasteiger partial charge < -0.3 is 30.1 Å². The van der Waals surface area contributed by atoms with Crippen molar-refractivity contribution in [3.05, 3.63) is 66.7 Å². The molecular formula is C34H39N3O6. The Labute approximate surface area is 251 Å². The van der Waals surface area contributed by atoms with Gasteiger partial charge in [-0.1, -0.05) is 44.2 Å². The van der Waals surface area contributed by atoms with Gasteiger partial charge in [0, 0.05) is 11.4 Å². The van der Waals surface area contributed by atoms with Gasteiger partial charge in [0.05, 0.1) is 36.7 Å². The van der Waals surface area contributed by atoms with Crippen LogP contribution in [-0.4, -0.2) is 64.2 Å². The Morgan fingerprint density at radius 3 is 2.37 bits per heavy atom. The van der Waals surface area contributed by atoms with Crippen LogP contribution in [0.3, 0.4) is 0 Å². The third kappa shape index (κ3) is 4.57. The average molecular weight is 586 g/mol. The lowest BCUT2D eigenvalue weighted by atomic mass is 9.62. The highest BCUT2D eigenvalue weighted by Gasteiger charge is 2.80. The van der Waals surface area contributed by atoms with Crippen molar-refractivity contribution >= 4 is 39.9 Å². The fourth-order valence-corrected chi connectivity index (χ4v) is 7.68. The maximum Gasteiger partial charge on any atom is 0.250 e. The lowest BCUT2D eigenvalue weighted by molar-refractivity contribution is -0.148. The number of nitrogens with one attached hydrogen (secondary N) is 2. The van der Waals surface area contributed by atoms with Crippen molar-refractivity contribution in [2.45, 2.75) is 63.8 Å². The molecule has 0 saturated carbocycles. The summed E-state index contributed by atoms with van der Waals surface area (Å²) in [6.45, 7) is 7.90. The van der Waals surface area contributed by atoms with Crippen LogP contribution in [0.2, 0.25) is 0 Å². The predicted molar refractivity (Wildman–Crippen MR) is 164 cm³/mol. The van der Waals surface area contributed by atoms with Gasteiger partial charge in [0.1, 0.15) is 17.4 Å². The van der Waals surface area contributed by atoms with Crippen molar-refractivity contribution in [1.29, 1.82) is 0 Å². The second-order valence-corrected chi connectivity index (χ2v) is 12.2. The summed E-state index contributed by atoms with van der Waals surface area (Å²) < 4.78 is 12.3. The smallest absolute Gasteiger partial charge is 0.250 e. The number of fused-ring (bicyclic) bond motifs is 2. The zero-order valence-electron chi connectivity index (χ0n) is 25.0. The minimum absolute atomic E-state index is 0.0993. The van der Waals surface area contributed by atoms with Crippen molar-refractivity contribution in [1.82, 2.24) is 4.90 Å². The standard InChI is InChI=1S/C34H39N3O6/c1-5-25(19-38)37-29(31(40)36-24-12-11-21-9-7-8-10-22(21)17-24)34-18-20(3)33(4,43-34)27(28(34)32(37)41)30(39)35-23-13-15-26(16-14-23)42-6-2/h7-17,20,25,27-29,38H,5-6,18-19H2,1-4H3,(H,35,39)(H,36,40)/t20?,25-,27+,28-,29?,33-,34?/m0/s1. The number of aliphatic hydroxyl groups is 1. The number of carbonyl (C=O) groups excluding carboxylic acids is 3. The number of aliphatic hydroxyl groups excluding tert-OH is 1. The molecule has 0 aromatic heterocycles. The second-order valence-electron chi connectivity index (χ2n) is 12.2. The number of carbonyl (C=O) groups is 3. The van der Waals surface area contributed by atoms with Crippen molar-refractivity contribution in [3.8, 4) is 5.75 Å². The minimum Gasteiger partial charge on any atom is -0.494 e. The minimum atomic E-state index is -1.21. The van der Waals surface area contributed by atoms with Crippen LogP contribution in [0.1, 0.15) is 40.5 Å². The van der Waals surface area contributed by atoms with E-state index < -0.39 is 35.1 Å². The van der Waals surface area contributed by atoms with Gasteiger partial charge in [0.25, 0.3) is 0 Å². The molecule has 6 rings (SSSR count). The SMILES string of the molecule is CCOc1ccc(NC(=O)[C@H]2[C@H]3C(=O)N([C@@H](CC)CO)C(C(=O)Nc4ccc5ccccc5c4)C34CC(C)[C@]2(C)O4)cc1. The summed E-state index contributed by atoms with van der Waals surface area (Å²) in [5.41, 5.74) is -0.986. The van der Waals surface area contributed by atoms with Gasteiger partial charge in [-0.2, -0.15) is 0 Å². The van der Waals surface area contributed by atoms with E-state index in [2.05, 4.69) is 10.6 Å². The number of nitrogens with zero attached hydrogens (tertiary/aromatic N) is 1. The Hall–Kier alpha value is -3.95. The fourth-order valence-electron chi connectivity index (χ4n) is 7.68. The highest BCUT2D eigenvalue weighted by Crippen LogP contribution is 2.65. The van der Waals surface area contributed by atoms with Gasteiger partial charge in [-0.05, 0) is 79.8 Å². The molecule has 3 aliphatic heterocycles. The van der Waals surface area contributed by atoms with Gasteiger partial charge in [-0.15, -0.1) is 0 Å². The quantitative estimate of drug-likeness (QED) is 0.338. The maximum absolute atomic E-state index is 14.4. The third-order valence-electron chi connectivity index (χ3n) is 9.81. The number of rotatable bonds is 9. The number of hydrogen-bond acceptors (Lipinski definition) is 6. The monoisotopic (exact) mass is 585 g/mol. The molecule has 3 heterocycles. The zero-order valence-corrected chi connectivity index (χ0v) is 25.0. The van der Waals surface area contributed by atoms with Crippen molar-refractivity contribution in [3.63, 3.8) is 0 Å². The molecule has 9 heteroatoms. The Bertz CT molecular complexity index is 1560. The molecular weight excluding hydrogens is 546 g/mol. The first-order valence-electron chi connectivity index (χ1n) is 15.1. The second kappa shape index (κ2) is 11.0. The lowest BCUT2D eigenvalue weighted by Crippen LogP contribution is -2.56. The Morgan fingerprint density at radius 1 is 1.02 bits per heavy atom. The Morgan fingerprint density at radius 2 is 1.70 bits per heavy atom. The first-order valence-corrected chi connectivity index (χ1v) is 15.1. The summed E-state index contributed by atoms with van der Waals surface area (Å²) in [6.07, 6.45) is 0.890. The topological polar surface area (TPSA) is 117 Å². The number of ether oxygens (including phenoxy) is 2. The molecule has 9 nitrogen and oxygen atoms in total. The van der Waals surface area contributed by atoms with E-state index in [1.54, 1.807) is 24.3 Å². The Kier molecular flexibility index (Phi) is 7.42. The van der Waals surface area contributed by atoms with E-state index >= 15 is 0 Å². The van der Waals surface area contributed by atoms with Gasteiger partial charge in [0.15, 0.2) is 0 Å². The van der Waals surface area contributed by atoms with Crippen LogP contribution in [0.25, 0.3) is 10.8 Å². The number of amides is 3. The normalized spacial score (nSPS) is 29.9. The van der Waals surface area contributed by atoms with E-state index in [1.807, 2.05) is 70.2 Å². The molecule has 7 atom stereocenters. The molecule has 3 aromatic carbocycles. The van der Waals surface area contributed by atoms with E-state index in [9.17, 15) is 19.5 Å². The molecule has 3 saturated heterocycles. The number of likely N-dealkylation sites (tertiary alicyclic amines) is 1. The zero-order chi connectivity index (χ0) is 30.5.